The summed E-state index contributed by atoms with van der Waals surface area (Å²) in [5.41, 5.74) is 1.06. The van der Waals surface area contributed by atoms with E-state index in [1.165, 1.54) is 10.4 Å². The first-order valence-corrected chi connectivity index (χ1v) is 12.0. The Balaban J connectivity index is 2.08. The summed E-state index contributed by atoms with van der Waals surface area (Å²) >= 11 is 0. The van der Waals surface area contributed by atoms with Gasteiger partial charge in [-0.1, -0.05) is 99.6 Å². The zero-order chi connectivity index (χ0) is 20.9. The summed E-state index contributed by atoms with van der Waals surface area (Å²) in [6, 6.07) is 29.3. The van der Waals surface area contributed by atoms with Gasteiger partial charge in [-0.25, -0.2) is 0 Å². The summed E-state index contributed by atoms with van der Waals surface area (Å²) in [7, 11) is -2.61. The molecule has 0 aliphatic rings. The largest absolute Gasteiger partial charge is 0.534 e. The van der Waals surface area contributed by atoms with E-state index in [1.54, 1.807) is 6.08 Å². The molecule has 0 saturated heterocycles. The summed E-state index contributed by atoms with van der Waals surface area (Å²) in [5.74, 6) is 0.858. The number of aliphatic hydroxyl groups excluding tert-OH is 1. The third kappa shape index (κ3) is 4.52. The number of hydrogen-bond acceptors (Lipinski definition) is 2. The predicted octanol–water partition coefficient (Wildman–Crippen LogP) is 4.71. The van der Waals surface area contributed by atoms with Crippen LogP contribution in [0.25, 0.3) is 0 Å². The lowest BCUT2D eigenvalue weighted by molar-refractivity contribution is 0.224. The molecule has 3 aromatic carbocycles. The van der Waals surface area contributed by atoms with Crippen molar-refractivity contribution in [1.82, 2.24) is 0 Å². The van der Waals surface area contributed by atoms with Gasteiger partial charge < -0.3 is 9.53 Å². The standard InChI is InChI=1S/C26H30O2Si/c1-5-22(27)20-21-16-18-23(19-17-21)28-29(26(2,3)4,24-12-8-6-9-13-24)25-14-10-7-11-15-25/h5-19,22,27H,1,20H2,2-4H3. The van der Waals surface area contributed by atoms with E-state index in [9.17, 15) is 5.11 Å². The van der Waals surface area contributed by atoms with Gasteiger partial charge >= 0.3 is 8.32 Å². The molecule has 0 aliphatic carbocycles. The van der Waals surface area contributed by atoms with Crippen LogP contribution in [0.1, 0.15) is 26.3 Å². The minimum atomic E-state index is -2.61. The molecule has 0 saturated carbocycles. The van der Waals surface area contributed by atoms with E-state index < -0.39 is 14.4 Å². The molecule has 3 heteroatoms. The van der Waals surface area contributed by atoms with Crippen LogP contribution in [0.3, 0.4) is 0 Å². The molecule has 0 aliphatic heterocycles. The average Bonchev–Trinajstić information content (AvgIpc) is 2.73. The molecular weight excluding hydrogens is 372 g/mol. The van der Waals surface area contributed by atoms with Gasteiger partial charge in [-0.3, -0.25) is 0 Å². The van der Waals surface area contributed by atoms with Crippen LogP contribution in [0.15, 0.2) is 97.6 Å². The van der Waals surface area contributed by atoms with Gasteiger partial charge in [-0.2, -0.15) is 0 Å². The van der Waals surface area contributed by atoms with Gasteiger partial charge in [0.05, 0.1) is 6.10 Å². The van der Waals surface area contributed by atoms with Crippen molar-refractivity contribution < 1.29 is 9.53 Å². The summed E-state index contributed by atoms with van der Waals surface area (Å²) in [6.45, 7) is 10.5. The van der Waals surface area contributed by atoms with Crippen molar-refractivity contribution in [3.8, 4) is 5.75 Å². The third-order valence-electron chi connectivity index (χ3n) is 5.33. The van der Waals surface area contributed by atoms with Gasteiger partial charge in [0.15, 0.2) is 0 Å². The van der Waals surface area contributed by atoms with Crippen LogP contribution < -0.4 is 14.8 Å². The highest BCUT2D eigenvalue weighted by molar-refractivity contribution is 7.00. The van der Waals surface area contributed by atoms with Gasteiger partial charge in [0.25, 0.3) is 0 Å². The maximum Gasteiger partial charge on any atom is 0.319 e. The fourth-order valence-electron chi connectivity index (χ4n) is 3.84. The summed E-state index contributed by atoms with van der Waals surface area (Å²) in [6.07, 6.45) is 1.59. The zero-order valence-corrected chi connectivity index (χ0v) is 18.5. The monoisotopic (exact) mass is 402 g/mol. The predicted molar refractivity (Wildman–Crippen MR) is 125 cm³/mol. The van der Waals surface area contributed by atoms with E-state index in [4.69, 9.17) is 4.43 Å². The number of rotatable bonds is 7. The maximum absolute atomic E-state index is 9.83. The molecule has 0 spiro atoms. The van der Waals surface area contributed by atoms with Crippen molar-refractivity contribution in [3.05, 3.63) is 103 Å². The Morgan fingerprint density at radius 1 is 0.862 bits per heavy atom. The van der Waals surface area contributed by atoms with E-state index >= 15 is 0 Å². The molecule has 0 radical (unpaired) electrons. The van der Waals surface area contributed by atoms with Gasteiger partial charge in [-0.05, 0) is 33.1 Å². The lowest BCUT2D eigenvalue weighted by Crippen LogP contribution is -2.68. The minimum Gasteiger partial charge on any atom is -0.534 e. The van der Waals surface area contributed by atoms with E-state index in [1.807, 2.05) is 24.3 Å². The van der Waals surface area contributed by atoms with Crippen LogP contribution in [0, 0.1) is 0 Å². The normalized spacial score (nSPS) is 13.0. The first-order valence-electron chi connectivity index (χ1n) is 10.1. The quantitative estimate of drug-likeness (QED) is 0.458. The van der Waals surface area contributed by atoms with Crippen molar-refractivity contribution >= 4 is 18.7 Å². The SMILES string of the molecule is C=CC(O)Cc1ccc(O[Si](c2ccccc2)(c2ccccc2)C(C)(C)C)cc1. The Labute approximate surface area is 175 Å². The van der Waals surface area contributed by atoms with Crippen LogP contribution in [0.5, 0.6) is 5.75 Å². The smallest absolute Gasteiger partial charge is 0.319 e. The zero-order valence-electron chi connectivity index (χ0n) is 17.5. The Bertz CT molecular complexity index is 873. The van der Waals surface area contributed by atoms with Gasteiger partial charge in [0.1, 0.15) is 5.75 Å². The van der Waals surface area contributed by atoms with Gasteiger partial charge in [0, 0.05) is 6.42 Å². The van der Waals surface area contributed by atoms with Crippen molar-refractivity contribution in [3.63, 3.8) is 0 Å². The summed E-state index contributed by atoms with van der Waals surface area (Å²) in [4.78, 5) is 0. The second-order valence-corrected chi connectivity index (χ2v) is 12.6. The van der Waals surface area contributed by atoms with Crippen LogP contribution in [0.4, 0.5) is 0 Å². The second-order valence-electron chi connectivity index (χ2n) is 8.42. The molecule has 0 amide bonds. The van der Waals surface area contributed by atoms with Crippen LogP contribution in [-0.4, -0.2) is 19.5 Å². The Morgan fingerprint density at radius 3 is 1.76 bits per heavy atom. The molecule has 1 atom stereocenters. The van der Waals surface area contributed by atoms with Gasteiger partial charge in [0.2, 0.25) is 0 Å². The summed E-state index contributed by atoms with van der Waals surface area (Å²) in [5, 5.41) is 12.3. The second kappa shape index (κ2) is 8.81. The summed E-state index contributed by atoms with van der Waals surface area (Å²) < 4.78 is 6.98. The van der Waals surface area contributed by atoms with Crippen molar-refractivity contribution in [2.75, 3.05) is 0 Å². The molecule has 150 valence electrons. The average molecular weight is 403 g/mol. The molecule has 0 aromatic heterocycles. The molecule has 0 heterocycles. The first-order chi connectivity index (χ1) is 13.9. The van der Waals surface area contributed by atoms with Crippen LogP contribution in [-0.2, 0) is 6.42 Å². The third-order valence-corrected chi connectivity index (χ3v) is 10.3. The van der Waals surface area contributed by atoms with E-state index in [2.05, 4.69) is 88.0 Å². The number of aliphatic hydroxyl groups is 1. The fraction of sp³-hybridized carbons (Fsp3) is 0.231. The minimum absolute atomic E-state index is 0.0760. The Kier molecular flexibility index (Phi) is 6.41. The number of benzene rings is 3. The molecule has 1 N–H and O–H groups in total. The van der Waals surface area contributed by atoms with Crippen molar-refractivity contribution in [1.29, 1.82) is 0 Å². The van der Waals surface area contributed by atoms with Crippen molar-refractivity contribution in [2.45, 2.75) is 38.3 Å². The molecule has 29 heavy (non-hydrogen) atoms. The highest BCUT2D eigenvalue weighted by Gasteiger charge is 2.52. The molecular formula is C26H30O2Si. The molecule has 3 aromatic rings. The van der Waals surface area contributed by atoms with Gasteiger partial charge in [-0.15, -0.1) is 6.58 Å². The lowest BCUT2D eigenvalue weighted by Gasteiger charge is -2.43. The van der Waals surface area contributed by atoms with Crippen molar-refractivity contribution in [2.24, 2.45) is 0 Å². The highest BCUT2D eigenvalue weighted by atomic mass is 28.4. The Morgan fingerprint density at radius 2 is 1.34 bits per heavy atom. The topological polar surface area (TPSA) is 29.5 Å². The van der Waals surface area contributed by atoms with Crippen LogP contribution in [0.2, 0.25) is 5.04 Å². The maximum atomic E-state index is 9.83. The lowest BCUT2D eigenvalue weighted by atomic mass is 10.1. The molecule has 0 bridgehead atoms. The van der Waals surface area contributed by atoms with E-state index in [-0.39, 0.29) is 5.04 Å². The first kappa shape index (κ1) is 21.1. The van der Waals surface area contributed by atoms with E-state index in [0.717, 1.165) is 11.3 Å². The molecule has 1 unspecified atom stereocenters. The Hall–Kier alpha value is -2.62. The number of hydrogen-bond donors (Lipinski definition) is 1. The fourth-order valence-corrected chi connectivity index (χ4v) is 8.27. The highest BCUT2D eigenvalue weighted by Crippen LogP contribution is 2.37. The molecule has 0 fully saturated rings. The van der Waals surface area contributed by atoms with Crippen LogP contribution >= 0.6 is 0 Å². The molecule has 2 nitrogen and oxygen atoms in total. The van der Waals surface area contributed by atoms with E-state index in [0.29, 0.717) is 6.42 Å². The molecule has 3 rings (SSSR count).